The molecule has 1 rings (SSSR count). The zero-order chi connectivity index (χ0) is 13.5. The lowest BCUT2D eigenvalue weighted by Gasteiger charge is -2.13. The monoisotopic (exact) mass is 246 g/mol. The van der Waals surface area contributed by atoms with Crippen LogP contribution in [-0.2, 0) is 11.2 Å². The molecule has 18 heavy (non-hydrogen) atoms. The number of ether oxygens (including phenoxy) is 1. The minimum Gasteiger partial charge on any atom is -0.496 e. The Hall–Kier alpha value is -2.02. The second-order valence-corrected chi connectivity index (χ2v) is 4.34. The van der Waals surface area contributed by atoms with E-state index in [0.717, 1.165) is 16.9 Å². The van der Waals surface area contributed by atoms with Crippen molar-refractivity contribution in [1.29, 1.82) is 5.26 Å². The molecule has 0 bridgehead atoms. The molecule has 4 heteroatoms. The van der Waals surface area contributed by atoms with Gasteiger partial charge >= 0.3 is 0 Å². The Kier molecular flexibility index (Phi) is 5.19. The van der Waals surface area contributed by atoms with Crippen molar-refractivity contribution in [2.24, 2.45) is 0 Å². The lowest BCUT2D eigenvalue weighted by Crippen LogP contribution is -2.25. The standard InChI is InChI=1S/C14H18N2O2/c1-10(2)12-8-11(4-5-13(12)18-3)9-14(17)16-7-6-15/h4-5,8,10H,7,9H2,1-3H3,(H,16,17). The summed E-state index contributed by atoms with van der Waals surface area (Å²) in [5.74, 6) is 1.03. The highest BCUT2D eigenvalue weighted by molar-refractivity contribution is 5.78. The van der Waals surface area contributed by atoms with Crippen LogP contribution in [0, 0.1) is 11.3 Å². The molecule has 1 aromatic rings. The topological polar surface area (TPSA) is 62.1 Å². The van der Waals surface area contributed by atoms with Gasteiger partial charge in [0.2, 0.25) is 5.91 Å². The molecule has 4 nitrogen and oxygen atoms in total. The molecular formula is C14H18N2O2. The molecule has 0 atom stereocenters. The maximum Gasteiger partial charge on any atom is 0.225 e. The molecule has 1 aromatic carbocycles. The highest BCUT2D eigenvalue weighted by atomic mass is 16.5. The van der Waals surface area contributed by atoms with Gasteiger partial charge in [0.15, 0.2) is 0 Å². The minimum absolute atomic E-state index is 0.0476. The first-order valence-electron chi connectivity index (χ1n) is 5.89. The molecular weight excluding hydrogens is 228 g/mol. The molecule has 0 saturated heterocycles. The summed E-state index contributed by atoms with van der Waals surface area (Å²) in [6, 6.07) is 7.61. The highest BCUT2D eigenvalue weighted by Crippen LogP contribution is 2.27. The molecule has 0 fully saturated rings. The minimum atomic E-state index is -0.142. The normalized spacial score (nSPS) is 9.94. The summed E-state index contributed by atoms with van der Waals surface area (Å²) in [5.41, 5.74) is 2.01. The van der Waals surface area contributed by atoms with Gasteiger partial charge in [-0.3, -0.25) is 4.79 Å². The number of nitrogens with one attached hydrogen (secondary N) is 1. The first-order chi connectivity index (χ1) is 8.58. The van der Waals surface area contributed by atoms with E-state index in [1.54, 1.807) is 7.11 Å². The van der Waals surface area contributed by atoms with Gasteiger partial charge in [-0.2, -0.15) is 5.26 Å². The van der Waals surface area contributed by atoms with Crippen molar-refractivity contribution < 1.29 is 9.53 Å². The van der Waals surface area contributed by atoms with Crippen LogP contribution in [0.3, 0.4) is 0 Å². The number of nitrogens with zero attached hydrogens (tertiary/aromatic N) is 1. The Morgan fingerprint density at radius 2 is 2.22 bits per heavy atom. The lowest BCUT2D eigenvalue weighted by molar-refractivity contribution is -0.120. The molecule has 96 valence electrons. The highest BCUT2D eigenvalue weighted by Gasteiger charge is 2.10. The molecule has 0 spiro atoms. The summed E-state index contributed by atoms with van der Waals surface area (Å²) in [4.78, 5) is 11.5. The fourth-order valence-electron chi connectivity index (χ4n) is 1.73. The molecule has 0 radical (unpaired) electrons. The van der Waals surface area contributed by atoms with Gasteiger partial charge in [-0.15, -0.1) is 0 Å². The van der Waals surface area contributed by atoms with Crippen molar-refractivity contribution in [2.45, 2.75) is 26.2 Å². The van der Waals surface area contributed by atoms with Gasteiger partial charge in [0.25, 0.3) is 0 Å². The van der Waals surface area contributed by atoms with Crippen molar-refractivity contribution in [2.75, 3.05) is 13.7 Å². The van der Waals surface area contributed by atoms with Crippen LogP contribution in [0.5, 0.6) is 5.75 Å². The number of amides is 1. The number of hydrogen-bond donors (Lipinski definition) is 1. The van der Waals surface area contributed by atoms with Crippen LogP contribution in [0.15, 0.2) is 18.2 Å². The molecule has 0 saturated carbocycles. The molecule has 0 unspecified atom stereocenters. The zero-order valence-electron chi connectivity index (χ0n) is 11.0. The van der Waals surface area contributed by atoms with E-state index in [9.17, 15) is 4.79 Å². The predicted molar refractivity (Wildman–Crippen MR) is 69.4 cm³/mol. The maximum absolute atomic E-state index is 11.5. The Balaban J connectivity index is 2.82. The number of rotatable bonds is 5. The molecule has 0 aliphatic heterocycles. The third kappa shape index (κ3) is 3.77. The van der Waals surface area contributed by atoms with E-state index >= 15 is 0 Å². The van der Waals surface area contributed by atoms with E-state index in [1.807, 2.05) is 24.3 Å². The predicted octanol–water partition coefficient (Wildman–Crippen LogP) is 2.00. The van der Waals surface area contributed by atoms with Crippen molar-refractivity contribution in [3.63, 3.8) is 0 Å². The fraction of sp³-hybridized carbons (Fsp3) is 0.429. The van der Waals surface area contributed by atoms with Gasteiger partial charge < -0.3 is 10.1 Å². The second-order valence-electron chi connectivity index (χ2n) is 4.34. The Morgan fingerprint density at radius 3 is 2.78 bits per heavy atom. The molecule has 0 aliphatic carbocycles. The van der Waals surface area contributed by atoms with Crippen molar-refractivity contribution >= 4 is 5.91 Å². The zero-order valence-corrected chi connectivity index (χ0v) is 11.0. The number of methoxy groups -OCH3 is 1. The summed E-state index contributed by atoms with van der Waals surface area (Å²) >= 11 is 0. The number of hydrogen-bond acceptors (Lipinski definition) is 3. The Morgan fingerprint density at radius 1 is 1.50 bits per heavy atom. The van der Waals surface area contributed by atoms with Crippen molar-refractivity contribution in [1.82, 2.24) is 5.32 Å². The molecule has 0 heterocycles. The second kappa shape index (κ2) is 6.65. The van der Waals surface area contributed by atoms with E-state index in [4.69, 9.17) is 10.00 Å². The molecule has 1 N–H and O–H groups in total. The summed E-state index contributed by atoms with van der Waals surface area (Å²) in [6.07, 6.45) is 0.283. The number of carbonyl (C=O) groups excluding carboxylic acids is 1. The van der Waals surface area contributed by atoms with E-state index < -0.39 is 0 Å². The van der Waals surface area contributed by atoms with Gasteiger partial charge in [-0.1, -0.05) is 26.0 Å². The van der Waals surface area contributed by atoms with E-state index in [0.29, 0.717) is 5.92 Å². The number of carbonyl (C=O) groups is 1. The van der Waals surface area contributed by atoms with Crippen LogP contribution in [0.1, 0.15) is 30.9 Å². The van der Waals surface area contributed by atoms with Crippen LogP contribution < -0.4 is 10.1 Å². The lowest BCUT2D eigenvalue weighted by atomic mass is 9.98. The average molecular weight is 246 g/mol. The number of benzene rings is 1. The fourth-order valence-corrected chi connectivity index (χ4v) is 1.73. The summed E-state index contributed by atoms with van der Waals surface area (Å²) in [5, 5.41) is 10.9. The average Bonchev–Trinajstić information content (AvgIpc) is 2.36. The van der Waals surface area contributed by atoms with Gasteiger partial charge in [-0.05, 0) is 23.1 Å². The SMILES string of the molecule is COc1ccc(CC(=O)NCC#N)cc1C(C)C. The summed E-state index contributed by atoms with van der Waals surface area (Å²) < 4.78 is 5.29. The van der Waals surface area contributed by atoms with Crippen LogP contribution in [0.4, 0.5) is 0 Å². The van der Waals surface area contributed by atoms with Gasteiger partial charge in [0.1, 0.15) is 12.3 Å². The van der Waals surface area contributed by atoms with Gasteiger partial charge in [0.05, 0.1) is 19.6 Å². The van der Waals surface area contributed by atoms with Crippen LogP contribution >= 0.6 is 0 Å². The first kappa shape index (κ1) is 14.0. The molecule has 0 aliphatic rings. The third-order valence-corrected chi connectivity index (χ3v) is 2.65. The Labute approximate surface area is 108 Å². The van der Waals surface area contributed by atoms with Gasteiger partial charge in [0, 0.05) is 0 Å². The van der Waals surface area contributed by atoms with E-state index in [-0.39, 0.29) is 18.9 Å². The number of nitriles is 1. The van der Waals surface area contributed by atoms with E-state index in [1.165, 1.54) is 0 Å². The smallest absolute Gasteiger partial charge is 0.225 e. The maximum atomic E-state index is 11.5. The molecule has 0 aromatic heterocycles. The van der Waals surface area contributed by atoms with Crippen molar-refractivity contribution in [3.05, 3.63) is 29.3 Å². The summed E-state index contributed by atoms with van der Waals surface area (Å²) in [6.45, 7) is 4.21. The van der Waals surface area contributed by atoms with Gasteiger partial charge in [-0.25, -0.2) is 0 Å². The Bertz CT molecular complexity index is 461. The van der Waals surface area contributed by atoms with Crippen LogP contribution in [0.25, 0.3) is 0 Å². The third-order valence-electron chi connectivity index (χ3n) is 2.65. The van der Waals surface area contributed by atoms with Crippen molar-refractivity contribution in [3.8, 4) is 11.8 Å². The largest absolute Gasteiger partial charge is 0.496 e. The molecule has 1 amide bonds. The van der Waals surface area contributed by atoms with Crippen LogP contribution in [0.2, 0.25) is 0 Å². The quantitative estimate of drug-likeness (QED) is 0.808. The first-order valence-corrected chi connectivity index (χ1v) is 5.89. The van der Waals surface area contributed by atoms with E-state index in [2.05, 4.69) is 19.2 Å². The van der Waals surface area contributed by atoms with Crippen LogP contribution in [-0.4, -0.2) is 19.6 Å². The summed E-state index contributed by atoms with van der Waals surface area (Å²) in [7, 11) is 1.64.